The van der Waals surface area contributed by atoms with Crippen LogP contribution in [0.2, 0.25) is 0 Å². The summed E-state index contributed by atoms with van der Waals surface area (Å²) < 4.78 is 14.3. The van der Waals surface area contributed by atoms with Crippen LogP contribution in [0.25, 0.3) is 22.0 Å². The maximum Gasteiger partial charge on any atom is 0.337 e. The highest BCUT2D eigenvalue weighted by molar-refractivity contribution is 6.08. The van der Waals surface area contributed by atoms with Crippen LogP contribution in [0, 0.1) is 20.8 Å². The first kappa shape index (κ1) is 30.2. The Morgan fingerprint density at radius 3 is 2.33 bits per heavy atom. The van der Waals surface area contributed by atoms with Crippen molar-refractivity contribution >= 4 is 34.3 Å². The zero-order valence-corrected chi connectivity index (χ0v) is 26.0. The molecule has 2 aromatic heterocycles. The van der Waals surface area contributed by atoms with Gasteiger partial charge >= 0.3 is 5.97 Å². The number of aliphatic carboxylic acids is 1. The van der Waals surface area contributed by atoms with Gasteiger partial charge in [0.1, 0.15) is 5.78 Å². The van der Waals surface area contributed by atoms with Crippen molar-refractivity contribution < 1.29 is 24.2 Å². The lowest BCUT2D eigenvalue weighted by Gasteiger charge is -2.35. The number of carbonyl (C=O) groups is 2. The number of ether oxygens (including phenoxy) is 2. The van der Waals surface area contributed by atoms with Crippen molar-refractivity contribution in [1.29, 1.82) is 0 Å². The number of hydrogen-bond acceptors (Lipinski definition) is 7. The van der Waals surface area contributed by atoms with E-state index >= 15 is 0 Å². The SMILES string of the molecule is CC(=O)CCCOc1cnc(N2CCn3c(C)cc4c(-c5ccc(C)cc5)c([C@H](OC(C)(C)C)C(=O)O)c(C)c2c43)nc1. The number of carboxylic acid groups (broad SMARTS) is 1. The van der Waals surface area contributed by atoms with Crippen LogP contribution in [-0.2, 0) is 20.9 Å². The molecule has 3 heterocycles. The van der Waals surface area contributed by atoms with Crippen LogP contribution in [0.15, 0.2) is 42.7 Å². The van der Waals surface area contributed by atoms with Crippen molar-refractivity contribution in [3.8, 4) is 16.9 Å². The molecule has 0 spiro atoms. The van der Waals surface area contributed by atoms with E-state index in [2.05, 4.69) is 44.6 Å². The number of aromatic nitrogens is 3. The van der Waals surface area contributed by atoms with Crippen LogP contribution in [0.4, 0.5) is 11.6 Å². The molecule has 0 amide bonds. The minimum Gasteiger partial charge on any atom is -0.490 e. The molecule has 0 fully saturated rings. The van der Waals surface area contributed by atoms with E-state index in [0.29, 0.717) is 43.3 Å². The summed E-state index contributed by atoms with van der Waals surface area (Å²) in [6, 6.07) is 10.4. The van der Waals surface area contributed by atoms with Gasteiger partial charge in [-0.25, -0.2) is 14.8 Å². The average Bonchev–Trinajstić information content (AvgIpc) is 3.28. The molecule has 4 aromatic rings. The van der Waals surface area contributed by atoms with Gasteiger partial charge in [-0.3, -0.25) is 0 Å². The van der Waals surface area contributed by atoms with Crippen LogP contribution in [0.3, 0.4) is 0 Å². The minimum absolute atomic E-state index is 0.132. The Balaban J connectivity index is 1.69. The first-order valence-corrected chi connectivity index (χ1v) is 14.7. The predicted octanol–water partition coefficient (Wildman–Crippen LogP) is 6.86. The molecule has 9 nitrogen and oxygen atoms in total. The molecular formula is C34H40N4O5. The Bertz CT molecular complexity index is 1670. The van der Waals surface area contributed by atoms with Gasteiger partial charge in [-0.2, -0.15) is 0 Å². The third kappa shape index (κ3) is 6.13. The first-order valence-electron chi connectivity index (χ1n) is 14.7. The molecule has 2 aromatic carbocycles. The normalized spacial score (nSPS) is 13.8. The van der Waals surface area contributed by atoms with Crippen LogP contribution in [-0.4, -0.2) is 50.1 Å². The number of anilines is 2. The summed E-state index contributed by atoms with van der Waals surface area (Å²) >= 11 is 0. The molecule has 1 atom stereocenters. The molecule has 0 radical (unpaired) electrons. The van der Waals surface area contributed by atoms with E-state index < -0.39 is 17.7 Å². The molecule has 226 valence electrons. The van der Waals surface area contributed by atoms with Gasteiger partial charge in [-0.1, -0.05) is 29.8 Å². The van der Waals surface area contributed by atoms with Gasteiger partial charge in [0.2, 0.25) is 5.95 Å². The van der Waals surface area contributed by atoms with Gasteiger partial charge in [0, 0.05) is 36.2 Å². The van der Waals surface area contributed by atoms with E-state index in [0.717, 1.165) is 51.1 Å². The number of carboxylic acids is 1. The van der Waals surface area contributed by atoms with Gasteiger partial charge in [0.25, 0.3) is 0 Å². The summed E-state index contributed by atoms with van der Waals surface area (Å²) in [4.78, 5) is 35.5. The molecule has 1 aliphatic rings. The molecule has 0 aliphatic carbocycles. The quantitative estimate of drug-likeness (QED) is 0.201. The number of rotatable bonds is 10. The summed E-state index contributed by atoms with van der Waals surface area (Å²) in [5, 5.41) is 11.5. The lowest BCUT2D eigenvalue weighted by Crippen LogP contribution is -2.32. The van der Waals surface area contributed by atoms with Crippen molar-refractivity contribution in [2.45, 2.75) is 79.6 Å². The monoisotopic (exact) mass is 584 g/mol. The predicted molar refractivity (Wildman–Crippen MR) is 167 cm³/mol. The van der Waals surface area contributed by atoms with E-state index in [1.807, 2.05) is 46.8 Å². The average molecular weight is 585 g/mol. The number of nitrogens with zero attached hydrogens (tertiary/aromatic N) is 4. The number of benzene rings is 2. The van der Waals surface area contributed by atoms with E-state index in [1.54, 1.807) is 19.3 Å². The summed E-state index contributed by atoms with van der Waals surface area (Å²) in [6.45, 7) is 15.0. The number of hydrogen-bond donors (Lipinski definition) is 1. The molecule has 1 aliphatic heterocycles. The molecule has 1 N–H and O–H groups in total. The lowest BCUT2D eigenvalue weighted by atomic mass is 9.87. The Hall–Kier alpha value is -4.24. The molecule has 0 saturated heterocycles. The van der Waals surface area contributed by atoms with E-state index in [9.17, 15) is 14.7 Å². The summed E-state index contributed by atoms with van der Waals surface area (Å²) in [6.07, 6.45) is 3.20. The summed E-state index contributed by atoms with van der Waals surface area (Å²) in [7, 11) is 0. The van der Waals surface area contributed by atoms with Crippen molar-refractivity contribution in [2.24, 2.45) is 0 Å². The number of carbonyl (C=O) groups excluding carboxylic acids is 1. The Labute approximate surface area is 252 Å². The topological polar surface area (TPSA) is 107 Å². The highest BCUT2D eigenvalue weighted by atomic mass is 16.5. The third-order valence-electron chi connectivity index (χ3n) is 7.74. The fraction of sp³-hybridized carbons (Fsp3) is 0.412. The standard InChI is InChI=1S/C34H40N4O5/c1-20-10-12-24(13-11-20)28-26-17-21(2)37-14-15-38(33-35-18-25(19-36-33)42-16-8-9-22(3)39)29(30(26)37)23(4)27(28)31(32(40)41)43-34(5,6)7/h10-13,17-19,31H,8-9,14-16H2,1-7H3,(H,40,41)/t31-/m0/s1. The third-order valence-corrected chi connectivity index (χ3v) is 7.74. The zero-order chi connectivity index (χ0) is 31.1. The Morgan fingerprint density at radius 1 is 1.05 bits per heavy atom. The maximum absolute atomic E-state index is 12.9. The van der Waals surface area contributed by atoms with E-state index in [-0.39, 0.29) is 5.78 Å². The highest BCUT2D eigenvalue weighted by Gasteiger charge is 2.36. The van der Waals surface area contributed by atoms with Crippen LogP contribution >= 0.6 is 0 Å². The fourth-order valence-corrected chi connectivity index (χ4v) is 5.87. The first-order chi connectivity index (χ1) is 20.4. The number of Topliss-reactive ketones (excluding diaryl/α,β-unsaturated/α-hetero) is 1. The Kier molecular flexibility index (Phi) is 8.29. The molecule has 43 heavy (non-hydrogen) atoms. The summed E-state index contributed by atoms with van der Waals surface area (Å²) in [5.41, 5.74) is 6.67. The second-order valence-corrected chi connectivity index (χ2v) is 12.3. The largest absolute Gasteiger partial charge is 0.490 e. The number of ketones is 1. The van der Waals surface area contributed by atoms with Crippen molar-refractivity contribution in [2.75, 3.05) is 18.1 Å². The van der Waals surface area contributed by atoms with Crippen molar-refractivity contribution in [3.05, 3.63) is 65.1 Å². The van der Waals surface area contributed by atoms with Crippen LogP contribution in [0.5, 0.6) is 5.75 Å². The van der Waals surface area contributed by atoms with Gasteiger partial charge in [0.05, 0.1) is 35.8 Å². The molecule has 5 rings (SSSR count). The Morgan fingerprint density at radius 2 is 1.72 bits per heavy atom. The van der Waals surface area contributed by atoms with Gasteiger partial charge < -0.3 is 28.8 Å². The van der Waals surface area contributed by atoms with Gasteiger partial charge in [-0.05, 0) is 77.6 Å². The maximum atomic E-state index is 12.9. The van der Waals surface area contributed by atoms with E-state index in [1.165, 1.54) is 0 Å². The highest BCUT2D eigenvalue weighted by Crippen LogP contribution is 2.49. The fourth-order valence-electron chi connectivity index (χ4n) is 5.87. The molecule has 0 saturated carbocycles. The van der Waals surface area contributed by atoms with Crippen molar-refractivity contribution in [1.82, 2.24) is 14.5 Å². The molecule has 0 bridgehead atoms. The van der Waals surface area contributed by atoms with Crippen LogP contribution < -0.4 is 9.64 Å². The lowest BCUT2D eigenvalue weighted by molar-refractivity contribution is -0.160. The van der Waals surface area contributed by atoms with E-state index in [4.69, 9.17) is 9.47 Å². The second kappa shape index (κ2) is 11.8. The minimum atomic E-state index is -1.20. The smallest absolute Gasteiger partial charge is 0.337 e. The zero-order valence-electron chi connectivity index (χ0n) is 26.0. The second-order valence-electron chi connectivity index (χ2n) is 12.3. The van der Waals surface area contributed by atoms with Crippen molar-refractivity contribution in [3.63, 3.8) is 0 Å². The number of aryl methyl sites for hydroxylation is 2. The van der Waals surface area contributed by atoms with Gasteiger partial charge in [-0.15, -0.1) is 0 Å². The molecule has 0 unspecified atom stereocenters. The van der Waals surface area contributed by atoms with Crippen LogP contribution in [0.1, 0.15) is 69.0 Å². The molecular weight excluding hydrogens is 544 g/mol. The van der Waals surface area contributed by atoms with Gasteiger partial charge in [0.15, 0.2) is 11.9 Å². The summed E-state index contributed by atoms with van der Waals surface area (Å²) in [5.74, 6) is 0.125. The molecule has 9 heteroatoms.